The average Bonchev–Trinajstić information content (AvgIpc) is 2.00. The summed E-state index contributed by atoms with van der Waals surface area (Å²) >= 11 is 0. The van der Waals surface area contributed by atoms with Gasteiger partial charge >= 0.3 is 0 Å². The van der Waals surface area contributed by atoms with Crippen LogP contribution in [0.15, 0.2) is 0 Å². The Kier molecular flexibility index (Phi) is 4.59. The second kappa shape index (κ2) is 4.69. The van der Waals surface area contributed by atoms with Crippen LogP contribution in [0, 0.1) is 0 Å². The minimum absolute atomic E-state index is 0.0774. The van der Waals surface area contributed by atoms with E-state index >= 15 is 0 Å². The Morgan fingerprint density at radius 2 is 1.80 bits per heavy atom. The monoisotopic (exact) mass is 207 g/mol. The largest absolute Gasteiger partial charge is 0.482 e. The molecule has 0 amide bonds. The van der Waals surface area contributed by atoms with Crippen molar-refractivity contribution in [2.75, 3.05) is 0 Å². The number of hydrogen-bond donors (Lipinski definition) is 1. The predicted octanol–water partition coefficient (Wildman–Crippen LogP) is -2.55. The highest BCUT2D eigenvalue weighted by Crippen LogP contribution is 2.26. The van der Waals surface area contributed by atoms with Gasteiger partial charge in [-0.3, -0.25) is 4.79 Å². The quantitative estimate of drug-likeness (QED) is 0.515. The van der Waals surface area contributed by atoms with Crippen molar-refractivity contribution >= 4 is 37.5 Å². The summed E-state index contributed by atoms with van der Waals surface area (Å²) in [6, 6.07) is 0. The molecule has 3 nitrogen and oxygen atoms in total. The molecule has 0 heterocycles. The van der Waals surface area contributed by atoms with Gasteiger partial charge in [0.05, 0.1) is 0 Å². The molecule has 0 rings (SSSR count). The number of aliphatic carboxylic acids is 1. The van der Waals surface area contributed by atoms with Gasteiger partial charge in [0.2, 0.25) is 0 Å². The van der Waals surface area contributed by atoms with Crippen molar-refractivity contribution in [3.8, 4) is 0 Å². The predicted molar refractivity (Wildman–Crippen MR) is 74.5 cm³/mol. The van der Waals surface area contributed by atoms with Crippen molar-refractivity contribution in [1.82, 2.24) is 4.81 Å². The highest BCUT2D eigenvalue weighted by Gasteiger charge is 2.32. The highest BCUT2D eigenvalue weighted by molar-refractivity contribution is 6.50. The molecule has 7 heteroatoms. The van der Waals surface area contributed by atoms with Gasteiger partial charge in [-0.05, 0) is 33.1 Å². The fourth-order valence-electron chi connectivity index (χ4n) is 1.62. The lowest BCUT2D eigenvalue weighted by Crippen LogP contribution is -2.48. The summed E-state index contributed by atoms with van der Waals surface area (Å²) in [6.45, 7) is 6.41. The molecule has 15 heavy (non-hydrogen) atoms. The van der Waals surface area contributed by atoms with E-state index in [2.05, 4.69) is 33.4 Å². The first-order chi connectivity index (χ1) is 6.48. The van der Waals surface area contributed by atoms with Gasteiger partial charge < -0.3 is 9.92 Å². The van der Waals surface area contributed by atoms with Crippen LogP contribution >= 0.6 is 0 Å². The topological polar surface area (TPSA) is 40.5 Å². The third kappa shape index (κ3) is 4.37. The molecule has 0 aromatic rings. The molecule has 0 aromatic carbocycles. The minimum Gasteiger partial charge on any atom is -0.482 e. The SMILES string of the molecule is BC(CC(B)(B)C(=O)O)N(B)C(C)(C)C. The molecule has 1 N–H and O–H groups in total. The van der Waals surface area contributed by atoms with Crippen LogP contribution in [-0.4, -0.2) is 58.9 Å². The summed E-state index contributed by atoms with van der Waals surface area (Å²) in [7, 11) is 7.68. The van der Waals surface area contributed by atoms with Crippen molar-refractivity contribution in [3.63, 3.8) is 0 Å². The molecule has 82 valence electrons. The van der Waals surface area contributed by atoms with Crippen molar-refractivity contribution < 1.29 is 9.90 Å². The molecule has 1 atom stereocenters. The molecular weight excluding hydrogens is 185 g/mol. The Bertz CT molecular complexity index is 239. The van der Waals surface area contributed by atoms with Crippen LogP contribution in [0.3, 0.4) is 0 Å². The zero-order valence-electron chi connectivity index (χ0n) is 11.1. The first-order valence-electron chi connectivity index (χ1n) is 5.45. The van der Waals surface area contributed by atoms with Gasteiger partial charge in [-0.25, -0.2) is 0 Å². The fourth-order valence-corrected chi connectivity index (χ4v) is 1.62. The molecule has 0 spiro atoms. The maximum Gasteiger partial charge on any atom is 0.293 e. The average molecular weight is 207 g/mol. The van der Waals surface area contributed by atoms with Crippen molar-refractivity contribution in [3.05, 3.63) is 0 Å². The Hall–Kier alpha value is -0.310. The Morgan fingerprint density at radius 3 is 2.07 bits per heavy atom. The minimum atomic E-state index is -0.725. The van der Waals surface area contributed by atoms with Gasteiger partial charge in [-0.15, -0.1) is 0 Å². The van der Waals surface area contributed by atoms with E-state index in [1.165, 1.54) is 0 Å². The summed E-state index contributed by atoms with van der Waals surface area (Å²) in [5.74, 6) is -0.465. The summed E-state index contributed by atoms with van der Waals surface area (Å²) in [6.07, 6.45) is 0.663. The van der Waals surface area contributed by atoms with Crippen LogP contribution in [0.2, 0.25) is 5.21 Å². The van der Waals surface area contributed by atoms with Gasteiger partial charge in [0, 0.05) is 10.8 Å². The number of carboxylic acid groups (broad SMARTS) is 1. The lowest BCUT2D eigenvalue weighted by Gasteiger charge is -2.40. The number of nitrogens with zero attached hydrogens (tertiary/aromatic N) is 1. The van der Waals surface area contributed by atoms with E-state index in [9.17, 15) is 4.79 Å². The van der Waals surface area contributed by atoms with Gasteiger partial charge in [-0.2, -0.15) is 0 Å². The van der Waals surface area contributed by atoms with Crippen LogP contribution in [-0.2, 0) is 4.79 Å². The third-order valence-corrected chi connectivity index (χ3v) is 3.10. The summed E-state index contributed by atoms with van der Waals surface area (Å²) < 4.78 is 0. The Labute approximate surface area is 96.6 Å². The first-order valence-corrected chi connectivity index (χ1v) is 5.45. The van der Waals surface area contributed by atoms with Crippen molar-refractivity contribution in [2.45, 2.75) is 43.9 Å². The zero-order valence-corrected chi connectivity index (χ0v) is 11.1. The normalized spacial score (nSPS) is 15.2. The molecule has 0 saturated heterocycles. The van der Waals surface area contributed by atoms with E-state index in [1.54, 1.807) is 15.7 Å². The molecule has 0 saturated carbocycles. The molecule has 0 aromatic heterocycles. The first kappa shape index (κ1) is 14.7. The Morgan fingerprint density at radius 1 is 1.40 bits per heavy atom. The molecule has 0 aliphatic heterocycles. The van der Waals surface area contributed by atoms with Crippen LogP contribution in [0.5, 0.6) is 0 Å². The van der Waals surface area contributed by atoms with Crippen LogP contribution in [0.4, 0.5) is 0 Å². The van der Waals surface area contributed by atoms with E-state index < -0.39 is 11.2 Å². The van der Waals surface area contributed by atoms with E-state index in [0.29, 0.717) is 6.42 Å². The van der Waals surface area contributed by atoms with Crippen molar-refractivity contribution in [2.24, 2.45) is 0 Å². The summed E-state index contributed by atoms with van der Waals surface area (Å²) in [5, 5.41) is 8.40. The smallest absolute Gasteiger partial charge is 0.293 e. The van der Waals surface area contributed by atoms with Gasteiger partial charge in [-0.1, -0.05) is 0 Å². The van der Waals surface area contributed by atoms with Crippen LogP contribution < -0.4 is 0 Å². The number of carbonyl (C=O) groups is 1. The molecular formula is C8H21B4NO2. The van der Waals surface area contributed by atoms with E-state index in [-0.39, 0.29) is 11.5 Å². The second-order valence-electron chi connectivity index (χ2n) is 6.02. The van der Waals surface area contributed by atoms with Crippen LogP contribution in [0.25, 0.3) is 0 Å². The maximum absolute atomic E-state index is 11.0. The van der Waals surface area contributed by atoms with Crippen LogP contribution in [0.1, 0.15) is 27.2 Å². The molecule has 1 unspecified atom stereocenters. The van der Waals surface area contributed by atoms with E-state index in [0.717, 1.165) is 0 Å². The standard InChI is InChI=1S/C8H21B4NO2/c1-7(2,3)13(12)5(9)4-8(10,11)6(14)15/h5H,4,9-12H2,1-3H3,(H,14,15). The molecule has 0 bridgehead atoms. The second-order valence-corrected chi connectivity index (χ2v) is 6.02. The van der Waals surface area contributed by atoms with Gasteiger partial charge in [0.25, 0.3) is 5.97 Å². The van der Waals surface area contributed by atoms with Gasteiger partial charge in [0.1, 0.15) is 23.5 Å². The number of carboxylic acids is 1. The summed E-state index contributed by atoms with van der Waals surface area (Å²) in [5.41, 5.74) is 0.0774. The molecule has 0 aliphatic carbocycles. The maximum atomic E-state index is 11.0. The third-order valence-electron chi connectivity index (χ3n) is 3.10. The van der Waals surface area contributed by atoms with E-state index in [1.807, 2.05) is 7.98 Å². The Balaban J connectivity index is 4.50. The molecule has 0 fully saturated rings. The number of hydrogen-bond acceptors (Lipinski definition) is 2. The van der Waals surface area contributed by atoms with Crippen molar-refractivity contribution in [1.29, 1.82) is 0 Å². The van der Waals surface area contributed by atoms with E-state index in [4.69, 9.17) is 5.11 Å². The lowest BCUT2D eigenvalue weighted by molar-refractivity contribution is -0.138. The fraction of sp³-hybridized carbons (Fsp3) is 0.875. The zero-order chi connectivity index (χ0) is 12.4. The van der Waals surface area contributed by atoms with Gasteiger partial charge in [0.15, 0.2) is 7.98 Å². The summed E-state index contributed by atoms with van der Waals surface area (Å²) in [4.78, 5) is 13.2. The molecule has 0 radical (unpaired) electrons. The molecule has 0 aliphatic rings. The lowest BCUT2D eigenvalue weighted by atomic mass is 9.50. The highest BCUT2D eigenvalue weighted by atomic mass is 16.4. The number of rotatable bonds is 4.